The summed E-state index contributed by atoms with van der Waals surface area (Å²) in [6.07, 6.45) is 8.86. The summed E-state index contributed by atoms with van der Waals surface area (Å²) in [5.74, 6) is 0.0645. The van der Waals surface area contributed by atoms with Gasteiger partial charge in [0.2, 0.25) is 5.91 Å². The number of hydrogen-bond donors (Lipinski definition) is 1. The zero-order chi connectivity index (χ0) is 14.5. The van der Waals surface area contributed by atoms with Gasteiger partial charge in [0.25, 0.3) is 0 Å². The number of pyridine rings is 1. The first-order valence-corrected chi connectivity index (χ1v) is 7.57. The summed E-state index contributed by atoms with van der Waals surface area (Å²) in [5, 5.41) is 2.95. The molecule has 0 spiro atoms. The number of nitrogens with zero attached hydrogens (tertiary/aromatic N) is 1. The second kappa shape index (κ2) is 6.53. The number of benzene rings is 1. The van der Waals surface area contributed by atoms with Gasteiger partial charge in [-0.15, -0.1) is 0 Å². The molecule has 0 atom stereocenters. The third kappa shape index (κ3) is 3.69. The van der Waals surface area contributed by atoms with Crippen LogP contribution in [0.25, 0.3) is 0 Å². The molecule has 108 valence electrons. The molecule has 1 aromatic carbocycles. The molecule has 1 amide bonds. The Balaban J connectivity index is 1.57. The van der Waals surface area contributed by atoms with Crippen molar-refractivity contribution in [2.75, 3.05) is 0 Å². The van der Waals surface area contributed by atoms with Crippen molar-refractivity contribution in [2.45, 2.75) is 38.6 Å². The monoisotopic (exact) mass is 280 g/mol. The maximum absolute atomic E-state index is 12.0. The standard InChI is InChI=1S/C18H20N2O/c21-18(20-13-15-4-3-9-19-12-15)11-14-7-8-16-5-1-2-6-17(16)10-14/h3-4,7-10,12H,1-2,5-6,11,13H2,(H,20,21). The van der Waals surface area contributed by atoms with Gasteiger partial charge in [0.15, 0.2) is 0 Å². The van der Waals surface area contributed by atoms with E-state index < -0.39 is 0 Å². The van der Waals surface area contributed by atoms with Crippen molar-refractivity contribution in [3.8, 4) is 0 Å². The van der Waals surface area contributed by atoms with E-state index in [1.165, 1.54) is 30.4 Å². The number of rotatable bonds is 4. The van der Waals surface area contributed by atoms with E-state index in [9.17, 15) is 4.79 Å². The van der Waals surface area contributed by atoms with Crippen LogP contribution >= 0.6 is 0 Å². The minimum Gasteiger partial charge on any atom is -0.352 e. The second-order valence-electron chi connectivity index (χ2n) is 5.62. The van der Waals surface area contributed by atoms with Gasteiger partial charge in [0.05, 0.1) is 6.42 Å². The molecule has 21 heavy (non-hydrogen) atoms. The lowest BCUT2D eigenvalue weighted by atomic mass is 9.90. The van der Waals surface area contributed by atoms with E-state index >= 15 is 0 Å². The van der Waals surface area contributed by atoms with Gasteiger partial charge in [-0.2, -0.15) is 0 Å². The molecule has 1 heterocycles. The fourth-order valence-corrected chi connectivity index (χ4v) is 2.85. The van der Waals surface area contributed by atoms with Crippen LogP contribution < -0.4 is 5.32 Å². The van der Waals surface area contributed by atoms with Gasteiger partial charge in [-0.1, -0.05) is 24.3 Å². The fourth-order valence-electron chi connectivity index (χ4n) is 2.85. The molecule has 0 fully saturated rings. The Morgan fingerprint density at radius 3 is 2.76 bits per heavy atom. The molecule has 1 aliphatic rings. The van der Waals surface area contributed by atoms with Crippen LogP contribution in [-0.2, 0) is 30.6 Å². The van der Waals surface area contributed by atoms with Crippen molar-refractivity contribution in [1.82, 2.24) is 10.3 Å². The van der Waals surface area contributed by atoms with Crippen LogP contribution in [0.2, 0.25) is 0 Å². The Morgan fingerprint density at radius 2 is 1.95 bits per heavy atom. The first-order chi connectivity index (χ1) is 10.3. The smallest absolute Gasteiger partial charge is 0.224 e. The van der Waals surface area contributed by atoms with Crippen molar-refractivity contribution in [3.63, 3.8) is 0 Å². The third-order valence-corrected chi connectivity index (χ3v) is 3.99. The quantitative estimate of drug-likeness (QED) is 0.935. The SMILES string of the molecule is O=C(Cc1ccc2c(c1)CCCC2)NCc1cccnc1. The van der Waals surface area contributed by atoms with E-state index in [0.29, 0.717) is 13.0 Å². The van der Waals surface area contributed by atoms with Crippen LogP contribution in [0.15, 0.2) is 42.7 Å². The Kier molecular flexibility index (Phi) is 4.29. The third-order valence-electron chi connectivity index (χ3n) is 3.99. The first-order valence-electron chi connectivity index (χ1n) is 7.57. The number of carbonyl (C=O) groups excluding carboxylic acids is 1. The number of nitrogens with one attached hydrogen (secondary N) is 1. The van der Waals surface area contributed by atoms with Gasteiger partial charge in [0.1, 0.15) is 0 Å². The first kappa shape index (κ1) is 13.8. The summed E-state index contributed by atoms with van der Waals surface area (Å²) >= 11 is 0. The summed E-state index contributed by atoms with van der Waals surface area (Å²) < 4.78 is 0. The topological polar surface area (TPSA) is 42.0 Å². The molecule has 0 bridgehead atoms. The molecule has 1 N–H and O–H groups in total. The number of hydrogen-bond acceptors (Lipinski definition) is 2. The number of carbonyl (C=O) groups is 1. The van der Waals surface area contributed by atoms with E-state index in [1.807, 2.05) is 12.1 Å². The lowest BCUT2D eigenvalue weighted by Crippen LogP contribution is -2.24. The van der Waals surface area contributed by atoms with E-state index in [2.05, 4.69) is 28.5 Å². The van der Waals surface area contributed by atoms with E-state index in [-0.39, 0.29) is 5.91 Å². The van der Waals surface area contributed by atoms with Crippen LogP contribution in [0.3, 0.4) is 0 Å². The highest BCUT2D eigenvalue weighted by Crippen LogP contribution is 2.22. The Bertz CT molecular complexity index is 622. The lowest BCUT2D eigenvalue weighted by molar-refractivity contribution is -0.120. The van der Waals surface area contributed by atoms with E-state index in [0.717, 1.165) is 17.5 Å². The molecule has 0 radical (unpaired) electrons. The van der Waals surface area contributed by atoms with Gasteiger partial charge in [-0.25, -0.2) is 0 Å². The molecule has 0 saturated heterocycles. The van der Waals surface area contributed by atoms with Crippen LogP contribution in [0.1, 0.15) is 35.1 Å². The van der Waals surface area contributed by atoms with E-state index in [4.69, 9.17) is 0 Å². The van der Waals surface area contributed by atoms with Crippen molar-refractivity contribution in [2.24, 2.45) is 0 Å². The van der Waals surface area contributed by atoms with E-state index in [1.54, 1.807) is 12.4 Å². The zero-order valence-corrected chi connectivity index (χ0v) is 12.1. The van der Waals surface area contributed by atoms with Gasteiger partial charge in [0, 0.05) is 18.9 Å². The minimum absolute atomic E-state index is 0.0645. The minimum atomic E-state index is 0.0645. The Hall–Kier alpha value is -2.16. The van der Waals surface area contributed by atoms with Crippen LogP contribution in [0.5, 0.6) is 0 Å². The molecule has 1 aliphatic carbocycles. The molecule has 2 aromatic rings. The highest BCUT2D eigenvalue weighted by atomic mass is 16.1. The molecular weight excluding hydrogens is 260 g/mol. The van der Waals surface area contributed by atoms with Crippen molar-refractivity contribution >= 4 is 5.91 Å². The predicted octanol–water partition coefficient (Wildman–Crippen LogP) is 2.82. The summed E-state index contributed by atoms with van der Waals surface area (Å²) in [6, 6.07) is 10.3. The van der Waals surface area contributed by atoms with Gasteiger partial charge in [-0.3, -0.25) is 9.78 Å². The van der Waals surface area contributed by atoms with Gasteiger partial charge in [-0.05, 0) is 54.0 Å². The lowest BCUT2D eigenvalue weighted by Gasteiger charge is -2.16. The molecule has 0 unspecified atom stereocenters. The molecule has 0 aliphatic heterocycles. The summed E-state index contributed by atoms with van der Waals surface area (Å²) in [4.78, 5) is 16.1. The summed E-state index contributed by atoms with van der Waals surface area (Å²) in [5.41, 5.74) is 5.02. The molecule has 0 saturated carbocycles. The highest BCUT2D eigenvalue weighted by Gasteiger charge is 2.11. The maximum atomic E-state index is 12.0. The molecular formula is C18H20N2O. The summed E-state index contributed by atoms with van der Waals surface area (Å²) in [7, 11) is 0. The number of amides is 1. The molecule has 1 aromatic heterocycles. The van der Waals surface area contributed by atoms with Gasteiger partial charge < -0.3 is 5.32 Å². The Labute approximate surface area is 125 Å². The number of aryl methyl sites for hydroxylation is 2. The molecule has 3 heteroatoms. The molecule has 3 nitrogen and oxygen atoms in total. The zero-order valence-electron chi connectivity index (χ0n) is 12.1. The van der Waals surface area contributed by atoms with Crippen molar-refractivity contribution < 1.29 is 4.79 Å². The van der Waals surface area contributed by atoms with Gasteiger partial charge >= 0.3 is 0 Å². The summed E-state index contributed by atoms with van der Waals surface area (Å²) in [6.45, 7) is 0.539. The maximum Gasteiger partial charge on any atom is 0.224 e. The highest BCUT2D eigenvalue weighted by molar-refractivity contribution is 5.78. The predicted molar refractivity (Wildman–Crippen MR) is 82.9 cm³/mol. The van der Waals surface area contributed by atoms with Crippen LogP contribution in [0, 0.1) is 0 Å². The second-order valence-corrected chi connectivity index (χ2v) is 5.62. The van der Waals surface area contributed by atoms with Crippen LogP contribution in [0.4, 0.5) is 0 Å². The largest absolute Gasteiger partial charge is 0.352 e. The van der Waals surface area contributed by atoms with Crippen molar-refractivity contribution in [3.05, 3.63) is 65.0 Å². The van der Waals surface area contributed by atoms with Crippen LogP contribution in [-0.4, -0.2) is 10.9 Å². The Morgan fingerprint density at radius 1 is 1.10 bits per heavy atom. The average Bonchev–Trinajstić information content (AvgIpc) is 2.54. The van der Waals surface area contributed by atoms with Crippen molar-refractivity contribution in [1.29, 1.82) is 0 Å². The number of aromatic nitrogens is 1. The molecule has 3 rings (SSSR count). The average molecular weight is 280 g/mol. The fraction of sp³-hybridized carbons (Fsp3) is 0.333. The normalized spacial score (nSPS) is 13.5. The number of fused-ring (bicyclic) bond motifs is 1.